The molecule has 0 fully saturated rings. The van der Waals surface area contributed by atoms with Crippen molar-refractivity contribution in [2.24, 2.45) is 0 Å². The number of hydrogen-bond donors (Lipinski definition) is 1. The van der Waals surface area contributed by atoms with Crippen molar-refractivity contribution in [3.05, 3.63) is 33.4 Å². The summed E-state index contributed by atoms with van der Waals surface area (Å²) in [5.74, 6) is 0. The predicted molar refractivity (Wildman–Crippen MR) is 52.3 cm³/mol. The summed E-state index contributed by atoms with van der Waals surface area (Å²) in [6, 6.07) is 2.82. The maximum Gasteiger partial charge on any atom is 0.271 e. The first-order valence-electron chi connectivity index (χ1n) is 4.02. The number of carbonyl (C=O) groups is 1. The van der Waals surface area contributed by atoms with Gasteiger partial charge in [0.1, 0.15) is 0 Å². The van der Waals surface area contributed by atoms with E-state index in [0.717, 1.165) is 11.1 Å². The molecule has 0 aliphatic carbocycles. The molecule has 0 unspecified atom stereocenters. The molecule has 1 rings (SSSR count). The van der Waals surface area contributed by atoms with E-state index in [4.69, 9.17) is 0 Å². The number of benzene rings is 1. The number of rotatable bonds is 3. The van der Waals surface area contributed by atoms with E-state index >= 15 is 0 Å². The number of anilines is 1. The lowest BCUT2D eigenvalue weighted by Gasteiger charge is -2.06. The van der Waals surface area contributed by atoms with E-state index in [1.807, 2.05) is 0 Å². The van der Waals surface area contributed by atoms with E-state index in [0.29, 0.717) is 12.1 Å². The Morgan fingerprint density at radius 1 is 1.43 bits per heavy atom. The van der Waals surface area contributed by atoms with Gasteiger partial charge in [-0.1, -0.05) is 0 Å². The van der Waals surface area contributed by atoms with Crippen LogP contribution < -0.4 is 5.32 Å². The molecule has 0 radical (unpaired) electrons. The van der Waals surface area contributed by atoms with Crippen LogP contribution in [0.3, 0.4) is 0 Å². The zero-order valence-corrected chi connectivity index (χ0v) is 7.90. The molecule has 5 nitrogen and oxygen atoms in total. The van der Waals surface area contributed by atoms with E-state index in [2.05, 4.69) is 5.32 Å². The summed E-state index contributed by atoms with van der Waals surface area (Å²) < 4.78 is 0. The van der Waals surface area contributed by atoms with Gasteiger partial charge in [0.05, 0.1) is 10.6 Å². The minimum Gasteiger partial charge on any atom is -0.328 e. The summed E-state index contributed by atoms with van der Waals surface area (Å²) in [6.45, 7) is 3.56. The first-order chi connectivity index (χ1) is 6.56. The summed E-state index contributed by atoms with van der Waals surface area (Å²) in [7, 11) is 0. The first-order valence-corrected chi connectivity index (χ1v) is 4.02. The Hall–Kier alpha value is -1.91. The Morgan fingerprint density at radius 2 is 2.07 bits per heavy atom. The van der Waals surface area contributed by atoms with Gasteiger partial charge in [-0.05, 0) is 25.0 Å². The highest BCUT2D eigenvalue weighted by molar-refractivity contribution is 5.75. The zero-order valence-electron chi connectivity index (χ0n) is 7.90. The lowest BCUT2D eigenvalue weighted by atomic mass is 10.1. The van der Waals surface area contributed by atoms with Crippen LogP contribution in [0.15, 0.2) is 12.1 Å². The number of nitro groups is 1. The molecule has 1 aromatic carbocycles. The summed E-state index contributed by atoms with van der Waals surface area (Å²) in [6.07, 6.45) is 0.505. The van der Waals surface area contributed by atoms with E-state index in [9.17, 15) is 14.9 Å². The van der Waals surface area contributed by atoms with Gasteiger partial charge in [-0.25, -0.2) is 0 Å². The van der Waals surface area contributed by atoms with Crippen LogP contribution >= 0.6 is 0 Å². The van der Waals surface area contributed by atoms with Gasteiger partial charge in [0.15, 0.2) is 0 Å². The Labute approximate surface area is 80.9 Å². The Bertz CT molecular complexity index is 388. The molecule has 1 aromatic rings. The van der Waals surface area contributed by atoms with Crippen LogP contribution in [0.1, 0.15) is 11.1 Å². The molecule has 0 spiro atoms. The molecule has 74 valence electrons. The largest absolute Gasteiger partial charge is 0.328 e. The first kappa shape index (κ1) is 10.2. The fraction of sp³-hybridized carbons (Fsp3) is 0.222. The second-order valence-electron chi connectivity index (χ2n) is 2.95. The number of nitrogens with one attached hydrogen (secondary N) is 1. The summed E-state index contributed by atoms with van der Waals surface area (Å²) in [4.78, 5) is 20.3. The number of nitrogens with zero attached hydrogens (tertiary/aromatic N) is 1. The Kier molecular flexibility index (Phi) is 2.81. The average Bonchev–Trinajstić information content (AvgIpc) is 2.12. The molecular formula is C9H10N2O3. The SMILES string of the molecule is Cc1cc([N+](=O)[O-])cc(NC=O)c1C. The van der Waals surface area contributed by atoms with Crippen molar-refractivity contribution in [1.82, 2.24) is 0 Å². The highest BCUT2D eigenvalue weighted by atomic mass is 16.6. The lowest BCUT2D eigenvalue weighted by molar-refractivity contribution is -0.384. The van der Waals surface area contributed by atoms with Crippen molar-refractivity contribution in [1.29, 1.82) is 0 Å². The molecule has 1 amide bonds. The molecule has 0 aromatic heterocycles. The molecule has 5 heteroatoms. The van der Waals surface area contributed by atoms with Crippen molar-refractivity contribution in [2.45, 2.75) is 13.8 Å². The van der Waals surface area contributed by atoms with Gasteiger partial charge >= 0.3 is 0 Å². The molecular weight excluding hydrogens is 184 g/mol. The van der Waals surface area contributed by atoms with E-state index in [-0.39, 0.29) is 5.69 Å². The number of aryl methyl sites for hydroxylation is 1. The topological polar surface area (TPSA) is 72.2 Å². The maximum atomic E-state index is 10.5. The molecule has 14 heavy (non-hydrogen) atoms. The van der Waals surface area contributed by atoms with Gasteiger partial charge < -0.3 is 5.32 Å². The Balaban J connectivity index is 3.27. The van der Waals surface area contributed by atoms with E-state index in [1.54, 1.807) is 13.8 Å². The number of nitro benzene ring substituents is 1. The van der Waals surface area contributed by atoms with E-state index < -0.39 is 4.92 Å². The molecule has 0 aliphatic rings. The van der Waals surface area contributed by atoms with Crippen LogP contribution in [-0.2, 0) is 4.79 Å². The van der Waals surface area contributed by atoms with Gasteiger partial charge in [-0.2, -0.15) is 0 Å². The number of amides is 1. The zero-order chi connectivity index (χ0) is 10.7. The monoisotopic (exact) mass is 194 g/mol. The van der Waals surface area contributed by atoms with Crippen molar-refractivity contribution < 1.29 is 9.72 Å². The van der Waals surface area contributed by atoms with Crippen LogP contribution in [0.5, 0.6) is 0 Å². The van der Waals surface area contributed by atoms with Crippen molar-refractivity contribution in [2.75, 3.05) is 5.32 Å². The van der Waals surface area contributed by atoms with Crippen LogP contribution in [0.25, 0.3) is 0 Å². The fourth-order valence-corrected chi connectivity index (χ4v) is 1.16. The summed E-state index contributed by atoms with van der Waals surface area (Å²) >= 11 is 0. The van der Waals surface area contributed by atoms with Gasteiger partial charge in [0.25, 0.3) is 5.69 Å². The second-order valence-corrected chi connectivity index (χ2v) is 2.95. The van der Waals surface area contributed by atoms with Gasteiger partial charge in [-0.3, -0.25) is 14.9 Å². The van der Waals surface area contributed by atoms with Crippen LogP contribution in [0, 0.1) is 24.0 Å². The minimum absolute atomic E-state index is 0.0162. The lowest BCUT2D eigenvalue weighted by Crippen LogP contribution is -2.00. The van der Waals surface area contributed by atoms with Crippen molar-refractivity contribution in [3.8, 4) is 0 Å². The minimum atomic E-state index is -0.484. The maximum absolute atomic E-state index is 10.5. The third kappa shape index (κ3) is 1.87. The summed E-state index contributed by atoms with van der Waals surface area (Å²) in [5.41, 5.74) is 2.08. The molecule has 0 atom stereocenters. The van der Waals surface area contributed by atoms with Crippen molar-refractivity contribution in [3.63, 3.8) is 0 Å². The molecule has 0 heterocycles. The molecule has 0 bridgehead atoms. The van der Waals surface area contributed by atoms with Crippen LogP contribution in [0.2, 0.25) is 0 Å². The third-order valence-corrected chi connectivity index (χ3v) is 2.08. The van der Waals surface area contributed by atoms with Crippen molar-refractivity contribution >= 4 is 17.8 Å². The normalized spacial score (nSPS) is 9.57. The number of non-ortho nitro benzene ring substituents is 1. The van der Waals surface area contributed by atoms with Gasteiger partial charge in [0.2, 0.25) is 6.41 Å². The third-order valence-electron chi connectivity index (χ3n) is 2.08. The smallest absolute Gasteiger partial charge is 0.271 e. The van der Waals surface area contributed by atoms with Gasteiger partial charge in [0, 0.05) is 12.1 Å². The predicted octanol–water partition coefficient (Wildman–Crippen LogP) is 1.78. The quantitative estimate of drug-likeness (QED) is 0.453. The molecule has 1 N–H and O–H groups in total. The number of carbonyl (C=O) groups excluding carboxylic acids is 1. The fourth-order valence-electron chi connectivity index (χ4n) is 1.16. The summed E-state index contributed by atoms with van der Waals surface area (Å²) in [5, 5.41) is 12.9. The molecule has 0 aliphatic heterocycles. The highest BCUT2D eigenvalue weighted by Gasteiger charge is 2.10. The average molecular weight is 194 g/mol. The second kappa shape index (κ2) is 3.87. The van der Waals surface area contributed by atoms with Crippen LogP contribution in [0.4, 0.5) is 11.4 Å². The van der Waals surface area contributed by atoms with E-state index in [1.165, 1.54) is 12.1 Å². The Morgan fingerprint density at radius 3 is 2.57 bits per heavy atom. The molecule has 0 saturated heterocycles. The van der Waals surface area contributed by atoms with Gasteiger partial charge in [-0.15, -0.1) is 0 Å². The van der Waals surface area contributed by atoms with Crippen LogP contribution in [-0.4, -0.2) is 11.3 Å². The molecule has 0 saturated carbocycles. The highest BCUT2D eigenvalue weighted by Crippen LogP contribution is 2.24. The standard InChI is InChI=1S/C9H10N2O3/c1-6-3-8(11(13)14)4-9(7(6)2)10-5-12/h3-5H,1-2H3,(H,10,12). The number of hydrogen-bond acceptors (Lipinski definition) is 3.